The van der Waals surface area contributed by atoms with Crippen LogP contribution in [0.1, 0.15) is 5.56 Å². The molecule has 0 aliphatic carbocycles. The summed E-state index contributed by atoms with van der Waals surface area (Å²) in [6.07, 6.45) is 1.65. The van der Waals surface area contributed by atoms with Gasteiger partial charge in [0.25, 0.3) is 0 Å². The monoisotopic (exact) mass is 408 g/mol. The summed E-state index contributed by atoms with van der Waals surface area (Å²) in [5.41, 5.74) is 5.50. The molecular formula is C21H21ClN6O. The van der Waals surface area contributed by atoms with Crippen molar-refractivity contribution in [3.05, 3.63) is 59.5 Å². The van der Waals surface area contributed by atoms with E-state index >= 15 is 0 Å². The Morgan fingerprint density at radius 3 is 2.55 bits per heavy atom. The number of benzene rings is 2. The molecule has 2 aromatic carbocycles. The maximum atomic E-state index is 6.03. The second-order valence-corrected chi connectivity index (χ2v) is 6.85. The van der Waals surface area contributed by atoms with Crippen LogP contribution in [-0.2, 0) is 13.6 Å². The summed E-state index contributed by atoms with van der Waals surface area (Å²) in [5, 5.41) is 6.84. The van der Waals surface area contributed by atoms with Gasteiger partial charge < -0.3 is 19.9 Å². The van der Waals surface area contributed by atoms with Gasteiger partial charge in [0.1, 0.15) is 11.3 Å². The van der Waals surface area contributed by atoms with Gasteiger partial charge in [0.2, 0.25) is 11.2 Å². The molecule has 4 rings (SSSR count). The standard InChI is InChI=1S/C21H21ClN6O/c1-23-15-8-9-17-19(18(15)16-10-11-24-20(22)26-16)27-21(28(17)2)25-12-13-4-6-14(29-3)7-5-13/h4-11,23H,12H2,1-3H3,(H,25,27). The molecule has 0 spiro atoms. The van der Waals surface area contributed by atoms with E-state index in [-0.39, 0.29) is 5.28 Å². The summed E-state index contributed by atoms with van der Waals surface area (Å²) in [6, 6.07) is 13.8. The number of ether oxygens (including phenoxy) is 1. The topological polar surface area (TPSA) is 76.9 Å². The second kappa shape index (κ2) is 7.97. The first-order chi connectivity index (χ1) is 14.1. The number of fused-ring (bicyclic) bond motifs is 1. The maximum absolute atomic E-state index is 6.03. The summed E-state index contributed by atoms with van der Waals surface area (Å²) in [5.74, 6) is 1.61. The number of rotatable bonds is 6. The van der Waals surface area contributed by atoms with E-state index in [0.717, 1.165) is 45.2 Å². The van der Waals surface area contributed by atoms with E-state index in [1.165, 1.54) is 0 Å². The molecule has 0 amide bonds. The van der Waals surface area contributed by atoms with Gasteiger partial charge in [0, 0.05) is 32.5 Å². The Morgan fingerprint density at radius 1 is 1.07 bits per heavy atom. The Kier molecular flexibility index (Phi) is 5.22. The van der Waals surface area contributed by atoms with Gasteiger partial charge in [-0.3, -0.25) is 0 Å². The molecule has 0 radical (unpaired) electrons. The summed E-state index contributed by atoms with van der Waals surface area (Å²) in [6.45, 7) is 0.648. The van der Waals surface area contributed by atoms with E-state index in [9.17, 15) is 0 Å². The lowest BCUT2D eigenvalue weighted by Crippen LogP contribution is -2.04. The number of imidazole rings is 1. The quantitative estimate of drug-likeness (QED) is 0.462. The predicted molar refractivity (Wildman–Crippen MR) is 117 cm³/mol. The van der Waals surface area contributed by atoms with Crippen LogP contribution in [-0.4, -0.2) is 33.7 Å². The van der Waals surface area contributed by atoms with Gasteiger partial charge in [-0.1, -0.05) is 12.1 Å². The van der Waals surface area contributed by atoms with Crippen LogP contribution in [0.3, 0.4) is 0 Å². The third kappa shape index (κ3) is 3.69. The Hall–Kier alpha value is -3.32. The van der Waals surface area contributed by atoms with Crippen molar-refractivity contribution >= 4 is 34.3 Å². The third-order valence-electron chi connectivity index (χ3n) is 4.81. The van der Waals surface area contributed by atoms with Gasteiger partial charge in [-0.05, 0) is 47.5 Å². The number of halogens is 1. The van der Waals surface area contributed by atoms with Crippen LogP contribution >= 0.6 is 11.6 Å². The lowest BCUT2D eigenvalue weighted by Gasteiger charge is -2.10. The molecule has 8 heteroatoms. The molecule has 2 heterocycles. The highest BCUT2D eigenvalue weighted by Gasteiger charge is 2.17. The zero-order valence-corrected chi connectivity index (χ0v) is 17.2. The summed E-state index contributed by atoms with van der Waals surface area (Å²) in [7, 11) is 5.52. The summed E-state index contributed by atoms with van der Waals surface area (Å²) < 4.78 is 7.25. The number of nitrogens with zero attached hydrogens (tertiary/aromatic N) is 4. The molecule has 0 saturated heterocycles. The average molecular weight is 409 g/mol. The van der Waals surface area contributed by atoms with Gasteiger partial charge in [-0.2, -0.15) is 0 Å². The second-order valence-electron chi connectivity index (χ2n) is 6.51. The molecule has 7 nitrogen and oxygen atoms in total. The Bertz CT molecular complexity index is 1160. The number of methoxy groups -OCH3 is 1. The molecule has 0 aliphatic heterocycles. The van der Waals surface area contributed by atoms with Crippen molar-refractivity contribution in [3.63, 3.8) is 0 Å². The highest BCUT2D eigenvalue weighted by atomic mass is 35.5. The highest BCUT2D eigenvalue weighted by Crippen LogP contribution is 2.35. The number of aryl methyl sites for hydroxylation is 1. The van der Waals surface area contributed by atoms with E-state index in [4.69, 9.17) is 21.3 Å². The van der Waals surface area contributed by atoms with Crippen LogP contribution in [0.5, 0.6) is 5.75 Å². The van der Waals surface area contributed by atoms with Crippen LogP contribution in [0.15, 0.2) is 48.7 Å². The number of nitrogens with one attached hydrogen (secondary N) is 2. The normalized spacial score (nSPS) is 10.9. The minimum absolute atomic E-state index is 0.204. The maximum Gasteiger partial charge on any atom is 0.222 e. The molecule has 0 aliphatic rings. The van der Waals surface area contributed by atoms with E-state index in [0.29, 0.717) is 6.54 Å². The third-order valence-corrected chi connectivity index (χ3v) is 5.00. The summed E-state index contributed by atoms with van der Waals surface area (Å²) >= 11 is 6.03. The van der Waals surface area contributed by atoms with Gasteiger partial charge in [-0.15, -0.1) is 0 Å². The lowest BCUT2D eigenvalue weighted by molar-refractivity contribution is 0.414. The number of hydrogen-bond acceptors (Lipinski definition) is 6. The van der Waals surface area contributed by atoms with E-state index in [2.05, 4.69) is 20.6 Å². The van der Waals surface area contributed by atoms with E-state index in [1.54, 1.807) is 13.3 Å². The lowest BCUT2D eigenvalue weighted by atomic mass is 10.1. The van der Waals surface area contributed by atoms with Crippen LogP contribution in [0.4, 0.5) is 11.6 Å². The van der Waals surface area contributed by atoms with Crippen molar-refractivity contribution in [3.8, 4) is 17.0 Å². The largest absolute Gasteiger partial charge is 0.497 e. The molecule has 0 saturated carbocycles. The van der Waals surface area contributed by atoms with Crippen molar-refractivity contribution in [2.45, 2.75) is 6.54 Å². The zero-order chi connectivity index (χ0) is 20.4. The summed E-state index contributed by atoms with van der Waals surface area (Å²) in [4.78, 5) is 13.2. The molecule has 0 fully saturated rings. The van der Waals surface area contributed by atoms with Gasteiger partial charge >= 0.3 is 0 Å². The first-order valence-corrected chi connectivity index (χ1v) is 9.51. The average Bonchev–Trinajstić information content (AvgIpc) is 3.07. The SMILES string of the molecule is CNc1ccc2c(nc(NCc3ccc(OC)cc3)n2C)c1-c1ccnc(Cl)n1. The van der Waals surface area contributed by atoms with E-state index in [1.807, 2.05) is 61.1 Å². The van der Waals surface area contributed by atoms with Gasteiger partial charge in [0.15, 0.2) is 0 Å². The Balaban J connectivity index is 1.73. The molecule has 2 N–H and O–H groups in total. The molecule has 29 heavy (non-hydrogen) atoms. The van der Waals surface area contributed by atoms with Crippen LogP contribution < -0.4 is 15.4 Å². The fourth-order valence-corrected chi connectivity index (χ4v) is 3.43. The van der Waals surface area contributed by atoms with Gasteiger partial charge in [0.05, 0.1) is 23.9 Å². The Morgan fingerprint density at radius 2 is 1.86 bits per heavy atom. The molecular weight excluding hydrogens is 388 g/mol. The van der Waals surface area contributed by atoms with Crippen molar-refractivity contribution < 1.29 is 4.74 Å². The number of aromatic nitrogens is 4. The van der Waals surface area contributed by atoms with Crippen LogP contribution in [0, 0.1) is 0 Å². The van der Waals surface area contributed by atoms with E-state index < -0.39 is 0 Å². The Labute approximate surface area is 173 Å². The zero-order valence-electron chi connectivity index (χ0n) is 16.4. The van der Waals surface area contributed by atoms with Crippen LogP contribution in [0.2, 0.25) is 5.28 Å². The molecule has 4 aromatic rings. The van der Waals surface area contributed by atoms with Crippen molar-refractivity contribution in [2.75, 3.05) is 24.8 Å². The number of anilines is 2. The minimum Gasteiger partial charge on any atom is -0.497 e. The molecule has 0 unspecified atom stereocenters. The fourth-order valence-electron chi connectivity index (χ4n) is 3.28. The molecule has 0 atom stereocenters. The smallest absolute Gasteiger partial charge is 0.222 e. The first kappa shape index (κ1) is 19.0. The van der Waals surface area contributed by atoms with Crippen molar-refractivity contribution in [2.24, 2.45) is 7.05 Å². The van der Waals surface area contributed by atoms with Crippen molar-refractivity contribution in [1.82, 2.24) is 19.5 Å². The molecule has 0 bridgehead atoms. The van der Waals surface area contributed by atoms with Gasteiger partial charge in [-0.25, -0.2) is 15.0 Å². The molecule has 2 aromatic heterocycles. The highest BCUT2D eigenvalue weighted by molar-refractivity contribution is 6.28. The van der Waals surface area contributed by atoms with Crippen LogP contribution in [0.25, 0.3) is 22.3 Å². The first-order valence-electron chi connectivity index (χ1n) is 9.13. The predicted octanol–water partition coefficient (Wildman–Crippen LogP) is 4.35. The fraction of sp³-hybridized carbons (Fsp3) is 0.190. The van der Waals surface area contributed by atoms with Crippen molar-refractivity contribution in [1.29, 1.82) is 0 Å². The minimum atomic E-state index is 0.204. The molecule has 148 valence electrons. The number of hydrogen-bond donors (Lipinski definition) is 2.